The molecule has 0 bridgehead atoms. The predicted octanol–water partition coefficient (Wildman–Crippen LogP) is 18.1. The summed E-state index contributed by atoms with van der Waals surface area (Å²) in [4.78, 5) is 4.38. The molecule has 1 aliphatic rings. The van der Waals surface area contributed by atoms with Crippen LogP contribution in [-0.4, -0.2) is 0 Å². The van der Waals surface area contributed by atoms with Crippen molar-refractivity contribution >= 4 is 55.7 Å². The largest absolute Gasteiger partial charge is 0.428 e. The number of fused-ring (bicyclic) bond motifs is 5. The highest BCUT2D eigenvalue weighted by Crippen LogP contribution is 2.59. The Hall–Kier alpha value is -9.02. The van der Waals surface area contributed by atoms with Gasteiger partial charge in [0, 0.05) is 33.5 Å². The second kappa shape index (κ2) is 18.5. The Bertz CT molecular complexity index is 3420. The molecule has 0 spiro atoms. The second-order valence-corrected chi connectivity index (χ2v) is 16.9. The molecule has 0 N–H and O–H groups in total. The summed E-state index contributed by atoms with van der Waals surface area (Å²) >= 11 is 0. The molecule has 0 fully saturated rings. The first-order valence-electron chi connectivity index (χ1n) is 22.6. The minimum Gasteiger partial charge on any atom is -0.428 e. The van der Waals surface area contributed by atoms with Crippen LogP contribution in [0, 0.1) is 0 Å². The number of ether oxygens (including phenoxy) is 2. The van der Waals surface area contributed by atoms with Crippen LogP contribution in [0.25, 0.3) is 32.7 Å². The molecular weight excluding hydrogens is 907 g/mol. The Labute approximate surface area is 404 Å². The van der Waals surface area contributed by atoms with Gasteiger partial charge in [0.05, 0.1) is 16.8 Å². The van der Waals surface area contributed by atoms with Crippen LogP contribution < -0.4 is 19.3 Å². The highest BCUT2D eigenvalue weighted by Gasteiger charge is 2.47. The smallest absolute Gasteiger partial charge is 0.344 e. The van der Waals surface area contributed by atoms with E-state index in [-0.39, 0.29) is 11.5 Å². The summed E-state index contributed by atoms with van der Waals surface area (Å²) in [6, 6.07) is 69.5. The van der Waals surface area contributed by atoms with Gasteiger partial charge in [-0.25, -0.2) is 0 Å². The summed E-state index contributed by atoms with van der Waals surface area (Å²) in [5, 5.41) is 4.10. The zero-order chi connectivity index (χ0) is 48.6. The van der Waals surface area contributed by atoms with Crippen LogP contribution >= 0.6 is 0 Å². The number of benzene rings is 10. The standard InChI is InChI=1S/C61H38F6N2O2/c62-57(63)59(66)70-47-31-25-41(26-32-47)61(42-27-33-48(34-28-42)71-60(67)58(64)65)53-37-45(68(43-17-3-1-4-18-43)55-23-11-15-39-13-7-9-21-49(39)55)29-35-51(53)52-36-30-46(38-54(52)61)69(44-19-5-2-6-20-44)56-24-12-16-40-14-8-10-22-50(40)56/h1-38H. The normalized spacial score (nSPS) is 12.2. The van der Waals surface area contributed by atoms with Crippen molar-refractivity contribution in [3.8, 4) is 22.6 Å². The molecule has 0 unspecified atom stereocenters. The molecule has 10 heteroatoms. The number of anilines is 6. The minimum absolute atomic E-state index is 0.174. The molecule has 0 aliphatic heterocycles. The van der Waals surface area contributed by atoms with E-state index in [2.05, 4.69) is 94.7 Å². The lowest BCUT2D eigenvalue weighted by Crippen LogP contribution is -2.29. The number of hydrogen-bond donors (Lipinski definition) is 0. The van der Waals surface area contributed by atoms with E-state index in [0.29, 0.717) is 11.1 Å². The van der Waals surface area contributed by atoms with E-state index in [1.165, 1.54) is 24.3 Å². The van der Waals surface area contributed by atoms with E-state index in [1.54, 1.807) is 24.3 Å². The predicted molar refractivity (Wildman–Crippen MR) is 270 cm³/mol. The van der Waals surface area contributed by atoms with E-state index in [0.717, 1.165) is 77.9 Å². The number of hydrogen-bond acceptors (Lipinski definition) is 4. The Morgan fingerprint density at radius 2 is 0.704 bits per heavy atom. The van der Waals surface area contributed by atoms with Crippen LogP contribution in [-0.2, 0) is 5.41 Å². The molecule has 0 radical (unpaired) electrons. The van der Waals surface area contributed by atoms with Crippen LogP contribution in [0.5, 0.6) is 11.5 Å². The van der Waals surface area contributed by atoms with Crippen molar-refractivity contribution in [3.63, 3.8) is 0 Å². The van der Waals surface area contributed by atoms with Gasteiger partial charge >= 0.3 is 24.2 Å². The van der Waals surface area contributed by atoms with Gasteiger partial charge in [-0.15, -0.1) is 0 Å². The first-order chi connectivity index (χ1) is 34.7. The SMILES string of the molecule is FC(F)=C(F)Oc1ccc(C2(c3ccc(OC(F)=C(F)F)cc3)c3cc(N(c4ccccc4)c4cccc5ccccc45)ccc3-c3ccc(N(c4ccccc4)c4cccc5ccccc45)cc32)cc1. The molecule has 4 nitrogen and oxygen atoms in total. The summed E-state index contributed by atoms with van der Waals surface area (Å²) in [5.41, 5.74) is 8.44. The molecule has 0 heterocycles. The Kier molecular flexibility index (Phi) is 11.6. The monoisotopic (exact) mass is 944 g/mol. The first-order valence-corrected chi connectivity index (χ1v) is 22.6. The van der Waals surface area contributed by atoms with E-state index in [1.807, 2.05) is 97.1 Å². The maximum Gasteiger partial charge on any atom is 0.344 e. The van der Waals surface area contributed by atoms with Gasteiger partial charge in [-0.2, -0.15) is 26.3 Å². The average molecular weight is 945 g/mol. The topological polar surface area (TPSA) is 24.9 Å². The number of halogens is 6. The Morgan fingerprint density at radius 3 is 1.10 bits per heavy atom. The Morgan fingerprint density at radius 1 is 0.338 bits per heavy atom. The van der Waals surface area contributed by atoms with Crippen LogP contribution in [0.3, 0.4) is 0 Å². The quantitative estimate of drug-likeness (QED) is 0.0900. The lowest BCUT2D eigenvalue weighted by atomic mass is 9.67. The fourth-order valence-corrected chi connectivity index (χ4v) is 10.0. The van der Waals surface area contributed by atoms with Gasteiger partial charge in [0.15, 0.2) is 0 Å². The van der Waals surface area contributed by atoms with Crippen molar-refractivity contribution in [1.29, 1.82) is 0 Å². The third-order valence-electron chi connectivity index (χ3n) is 13.0. The van der Waals surface area contributed by atoms with Gasteiger partial charge < -0.3 is 19.3 Å². The van der Waals surface area contributed by atoms with Gasteiger partial charge in [0.1, 0.15) is 11.5 Å². The number of nitrogens with zero attached hydrogens (tertiary/aromatic N) is 2. The fraction of sp³-hybridized carbons (Fsp3) is 0.0164. The molecule has 10 aromatic carbocycles. The fourth-order valence-electron chi connectivity index (χ4n) is 10.0. The molecule has 0 saturated heterocycles. The number of para-hydroxylation sites is 2. The van der Waals surface area contributed by atoms with Crippen molar-refractivity contribution in [2.24, 2.45) is 0 Å². The summed E-state index contributed by atoms with van der Waals surface area (Å²) in [6.45, 7) is 0. The van der Waals surface area contributed by atoms with E-state index in [9.17, 15) is 26.3 Å². The summed E-state index contributed by atoms with van der Waals surface area (Å²) < 4.78 is 92.0. The van der Waals surface area contributed by atoms with Crippen LogP contribution in [0.2, 0.25) is 0 Å². The van der Waals surface area contributed by atoms with Crippen molar-refractivity contribution in [1.82, 2.24) is 0 Å². The lowest BCUT2D eigenvalue weighted by molar-refractivity contribution is 0.241. The summed E-state index contributed by atoms with van der Waals surface area (Å²) in [6.07, 6.45) is -5.21. The van der Waals surface area contributed by atoms with Gasteiger partial charge in [0.25, 0.3) is 0 Å². The maximum atomic E-state index is 14.3. The molecule has 0 atom stereocenters. The highest BCUT2D eigenvalue weighted by atomic mass is 19.3. The van der Waals surface area contributed by atoms with Crippen LogP contribution in [0.15, 0.2) is 255 Å². The first kappa shape index (κ1) is 44.5. The minimum atomic E-state index is -2.60. The number of rotatable bonds is 12. The van der Waals surface area contributed by atoms with E-state index >= 15 is 0 Å². The molecule has 11 rings (SSSR count). The van der Waals surface area contributed by atoms with Gasteiger partial charge in [-0.05, 0) is 129 Å². The zero-order valence-electron chi connectivity index (χ0n) is 37.4. The molecular formula is C61H38F6N2O2. The lowest BCUT2D eigenvalue weighted by Gasteiger charge is -2.36. The summed E-state index contributed by atoms with van der Waals surface area (Å²) in [5.74, 6) is -0.348. The Balaban J connectivity index is 1.21. The molecule has 0 amide bonds. The van der Waals surface area contributed by atoms with Crippen molar-refractivity contribution in [3.05, 3.63) is 277 Å². The van der Waals surface area contributed by atoms with Crippen LogP contribution in [0.1, 0.15) is 22.3 Å². The van der Waals surface area contributed by atoms with Crippen molar-refractivity contribution in [2.75, 3.05) is 9.80 Å². The third kappa shape index (κ3) is 7.99. The van der Waals surface area contributed by atoms with Gasteiger partial charge in [0.2, 0.25) is 0 Å². The maximum absolute atomic E-state index is 14.3. The molecule has 71 heavy (non-hydrogen) atoms. The van der Waals surface area contributed by atoms with E-state index in [4.69, 9.17) is 9.47 Å². The van der Waals surface area contributed by atoms with Crippen LogP contribution in [0.4, 0.5) is 60.5 Å². The molecule has 346 valence electrons. The molecule has 0 aromatic heterocycles. The summed E-state index contributed by atoms with van der Waals surface area (Å²) in [7, 11) is 0. The van der Waals surface area contributed by atoms with Crippen molar-refractivity contribution < 1.29 is 35.8 Å². The van der Waals surface area contributed by atoms with Gasteiger partial charge in [-0.3, -0.25) is 0 Å². The zero-order valence-corrected chi connectivity index (χ0v) is 37.4. The van der Waals surface area contributed by atoms with Crippen molar-refractivity contribution in [2.45, 2.75) is 5.41 Å². The average Bonchev–Trinajstić information content (AvgIpc) is 3.69. The molecule has 10 aromatic rings. The molecule has 0 saturated carbocycles. The second-order valence-electron chi connectivity index (χ2n) is 16.9. The highest BCUT2D eigenvalue weighted by molar-refractivity contribution is 6.01. The van der Waals surface area contributed by atoms with Gasteiger partial charge in [-0.1, -0.05) is 146 Å². The molecule has 1 aliphatic carbocycles. The van der Waals surface area contributed by atoms with E-state index < -0.39 is 29.6 Å². The third-order valence-corrected chi connectivity index (χ3v) is 13.0.